The van der Waals surface area contributed by atoms with Crippen molar-refractivity contribution in [1.29, 1.82) is 0 Å². The van der Waals surface area contributed by atoms with E-state index < -0.39 is 10.0 Å². The van der Waals surface area contributed by atoms with Gasteiger partial charge in [0.25, 0.3) is 15.9 Å². The molecule has 0 atom stereocenters. The first kappa shape index (κ1) is 16.3. The monoisotopic (exact) mass is 346 g/mol. The Hall–Kier alpha value is -2.61. The third-order valence-electron chi connectivity index (χ3n) is 3.58. The Balaban J connectivity index is 1.95. The highest BCUT2D eigenvalue weighted by Crippen LogP contribution is 2.26. The molecule has 0 radical (unpaired) electrons. The Kier molecular flexibility index (Phi) is 4.39. The minimum atomic E-state index is -3.68. The van der Waals surface area contributed by atoms with E-state index in [4.69, 9.17) is 4.42 Å². The first-order valence-electron chi connectivity index (χ1n) is 7.65. The number of nitrogens with zero attached hydrogens (tertiary/aromatic N) is 3. The summed E-state index contributed by atoms with van der Waals surface area (Å²) in [6, 6.07) is 10.5. The lowest BCUT2D eigenvalue weighted by molar-refractivity contribution is 0.511. The number of aromatic amines is 1. The van der Waals surface area contributed by atoms with E-state index in [-0.39, 0.29) is 10.8 Å². The van der Waals surface area contributed by atoms with Gasteiger partial charge in [0.05, 0.1) is 5.69 Å². The van der Waals surface area contributed by atoms with Gasteiger partial charge in [-0.3, -0.25) is 4.31 Å². The van der Waals surface area contributed by atoms with E-state index in [0.29, 0.717) is 30.2 Å². The summed E-state index contributed by atoms with van der Waals surface area (Å²) in [5.74, 6) is 0.777. The Morgan fingerprint density at radius 2 is 1.92 bits per heavy atom. The van der Waals surface area contributed by atoms with Gasteiger partial charge in [0, 0.05) is 19.2 Å². The van der Waals surface area contributed by atoms with Gasteiger partial charge in [0.2, 0.25) is 5.89 Å². The molecule has 0 unspecified atom stereocenters. The topological polar surface area (TPSA) is 92.1 Å². The highest BCUT2D eigenvalue weighted by molar-refractivity contribution is 7.92. The molecule has 7 nitrogen and oxygen atoms in total. The summed E-state index contributed by atoms with van der Waals surface area (Å²) >= 11 is 0. The van der Waals surface area contributed by atoms with Crippen LogP contribution >= 0.6 is 0 Å². The quantitative estimate of drug-likeness (QED) is 0.741. The maximum Gasteiger partial charge on any atom is 0.265 e. The van der Waals surface area contributed by atoms with Crippen LogP contribution in [0, 0.1) is 0 Å². The van der Waals surface area contributed by atoms with Crippen molar-refractivity contribution in [3.63, 3.8) is 0 Å². The molecule has 0 aliphatic heterocycles. The minimum Gasteiger partial charge on any atom is -0.419 e. The second kappa shape index (κ2) is 6.48. The largest absolute Gasteiger partial charge is 0.419 e. The predicted octanol–water partition coefficient (Wildman–Crippen LogP) is 2.84. The molecule has 0 bridgehead atoms. The van der Waals surface area contributed by atoms with Gasteiger partial charge >= 0.3 is 0 Å². The number of rotatable bonds is 6. The first-order chi connectivity index (χ1) is 11.6. The van der Waals surface area contributed by atoms with Gasteiger partial charge in [-0.15, -0.1) is 10.2 Å². The number of hydrogen-bond acceptors (Lipinski definition) is 5. The number of hydrogen-bond donors (Lipinski definition) is 1. The van der Waals surface area contributed by atoms with Crippen LogP contribution in [-0.4, -0.2) is 30.1 Å². The molecule has 3 aromatic rings. The summed E-state index contributed by atoms with van der Waals surface area (Å²) in [7, 11) is -3.68. The van der Waals surface area contributed by atoms with E-state index in [0.717, 1.165) is 0 Å². The molecule has 0 fully saturated rings. The van der Waals surface area contributed by atoms with E-state index in [1.165, 1.54) is 16.6 Å². The summed E-state index contributed by atoms with van der Waals surface area (Å²) in [6.07, 6.45) is 2.06. The van der Waals surface area contributed by atoms with E-state index >= 15 is 0 Å². The number of anilines is 1. The van der Waals surface area contributed by atoms with Gasteiger partial charge in [0.1, 0.15) is 10.6 Å². The summed E-state index contributed by atoms with van der Waals surface area (Å²) < 4.78 is 32.6. The third-order valence-corrected chi connectivity index (χ3v) is 5.46. The van der Waals surface area contributed by atoms with Crippen molar-refractivity contribution in [3.05, 3.63) is 48.5 Å². The average molecular weight is 346 g/mol. The first-order valence-corrected chi connectivity index (χ1v) is 9.09. The number of H-pyrrole nitrogens is 1. The van der Waals surface area contributed by atoms with Gasteiger partial charge in [-0.2, -0.15) is 0 Å². The molecular weight excluding hydrogens is 328 g/mol. The molecule has 8 heteroatoms. The van der Waals surface area contributed by atoms with Crippen LogP contribution in [0.25, 0.3) is 11.6 Å². The van der Waals surface area contributed by atoms with Crippen molar-refractivity contribution in [3.8, 4) is 11.6 Å². The minimum absolute atomic E-state index is 0.152. The molecular formula is C16H18N4O3S. The lowest BCUT2D eigenvalue weighted by Crippen LogP contribution is -2.30. The van der Waals surface area contributed by atoms with Crippen LogP contribution in [0.3, 0.4) is 0 Å². The number of aryl methyl sites for hydroxylation is 1. The van der Waals surface area contributed by atoms with E-state index in [1.54, 1.807) is 31.2 Å². The maximum atomic E-state index is 12.9. The fourth-order valence-corrected chi connectivity index (χ4v) is 3.83. The zero-order valence-electron chi connectivity index (χ0n) is 13.4. The van der Waals surface area contributed by atoms with Gasteiger partial charge in [0.15, 0.2) is 0 Å². The van der Waals surface area contributed by atoms with Crippen molar-refractivity contribution in [2.75, 3.05) is 10.8 Å². The van der Waals surface area contributed by atoms with Crippen LogP contribution in [0.15, 0.2) is 51.9 Å². The zero-order chi connectivity index (χ0) is 17.2. The van der Waals surface area contributed by atoms with Crippen LogP contribution in [-0.2, 0) is 16.4 Å². The van der Waals surface area contributed by atoms with E-state index in [2.05, 4.69) is 15.2 Å². The Morgan fingerprint density at radius 1 is 1.17 bits per heavy atom. The maximum absolute atomic E-state index is 12.9. The van der Waals surface area contributed by atoms with Crippen molar-refractivity contribution in [2.24, 2.45) is 0 Å². The normalized spacial score (nSPS) is 11.6. The number of sulfonamides is 1. The summed E-state index contributed by atoms with van der Waals surface area (Å²) in [4.78, 5) is 3.05. The molecule has 2 heterocycles. The molecule has 126 valence electrons. The second-order valence-electron chi connectivity index (χ2n) is 5.11. The smallest absolute Gasteiger partial charge is 0.265 e. The molecule has 0 aliphatic rings. The van der Waals surface area contributed by atoms with E-state index in [1.807, 2.05) is 13.0 Å². The van der Waals surface area contributed by atoms with Crippen LogP contribution in [0.1, 0.15) is 19.7 Å². The molecule has 2 aromatic heterocycles. The number of benzene rings is 1. The lowest BCUT2D eigenvalue weighted by atomic mass is 10.3. The Morgan fingerprint density at radius 3 is 2.54 bits per heavy atom. The average Bonchev–Trinajstić information content (AvgIpc) is 3.25. The standard InChI is InChI=1S/C16H18N4O3S/c1-3-15-18-19-16(23-15)14-10-13(11-17-14)24(21,22)20(4-2)12-8-6-5-7-9-12/h5-11,17H,3-4H2,1-2H3. The Labute approximate surface area is 140 Å². The third kappa shape index (κ3) is 2.92. The molecule has 0 spiro atoms. The van der Waals surface area contributed by atoms with E-state index in [9.17, 15) is 8.42 Å². The van der Waals surface area contributed by atoms with Gasteiger partial charge in [-0.05, 0) is 25.1 Å². The van der Waals surface area contributed by atoms with Crippen LogP contribution in [0.2, 0.25) is 0 Å². The molecule has 3 rings (SSSR count). The summed E-state index contributed by atoms with van der Waals surface area (Å²) in [5, 5.41) is 7.80. The van der Waals surface area contributed by atoms with Crippen molar-refractivity contribution in [1.82, 2.24) is 15.2 Å². The number of nitrogens with one attached hydrogen (secondary N) is 1. The van der Waals surface area contributed by atoms with Gasteiger partial charge < -0.3 is 9.40 Å². The number of para-hydroxylation sites is 1. The summed E-state index contributed by atoms with van der Waals surface area (Å²) in [5.41, 5.74) is 1.10. The highest BCUT2D eigenvalue weighted by atomic mass is 32.2. The van der Waals surface area contributed by atoms with Crippen molar-refractivity contribution < 1.29 is 12.8 Å². The molecule has 24 heavy (non-hydrogen) atoms. The lowest BCUT2D eigenvalue weighted by Gasteiger charge is -2.22. The fourth-order valence-electron chi connectivity index (χ4n) is 2.37. The Bertz CT molecular complexity index is 916. The highest BCUT2D eigenvalue weighted by Gasteiger charge is 2.25. The second-order valence-corrected chi connectivity index (χ2v) is 6.97. The van der Waals surface area contributed by atoms with Crippen LogP contribution < -0.4 is 4.31 Å². The molecule has 1 aromatic carbocycles. The SMILES string of the molecule is CCc1nnc(-c2cc(S(=O)(=O)N(CC)c3ccccc3)c[nH]2)o1. The molecule has 0 amide bonds. The molecule has 1 N–H and O–H groups in total. The fraction of sp³-hybridized carbons (Fsp3) is 0.250. The van der Waals surface area contributed by atoms with Crippen molar-refractivity contribution >= 4 is 15.7 Å². The molecule has 0 saturated carbocycles. The van der Waals surface area contributed by atoms with Crippen molar-refractivity contribution in [2.45, 2.75) is 25.2 Å². The molecule has 0 aliphatic carbocycles. The van der Waals surface area contributed by atoms with Gasteiger partial charge in [-0.1, -0.05) is 25.1 Å². The zero-order valence-corrected chi connectivity index (χ0v) is 14.2. The molecule has 0 saturated heterocycles. The van der Waals surface area contributed by atoms with Crippen LogP contribution in [0.5, 0.6) is 0 Å². The van der Waals surface area contributed by atoms with Crippen LogP contribution in [0.4, 0.5) is 5.69 Å². The number of aromatic nitrogens is 3. The van der Waals surface area contributed by atoms with Gasteiger partial charge in [-0.25, -0.2) is 8.42 Å². The predicted molar refractivity (Wildman–Crippen MR) is 90.1 cm³/mol. The summed E-state index contributed by atoms with van der Waals surface area (Å²) in [6.45, 7) is 4.03.